The second kappa shape index (κ2) is 8.95. The zero-order chi connectivity index (χ0) is 15.0. The van der Waals surface area contributed by atoms with Crippen LogP contribution in [0.3, 0.4) is 0 Å². The van der Waals surface area contributed by atoms with Crippen molar-refractivity contribution >= 4 is 0 Å². The highest BCUT2D eigenvalue weighted by atomic mass is 16.5. The SMILES string of the molecule is CCN[C@@H](CO)CN(CC)[C@@H](C)c1ccccc1OC. The average Bonchev–Trinajstić information content (AvgIpc) is 2.50. The van der Waals surface area contributed by atoms with Crippen molar-refractivity contribution < 1.29 is 9.84 Å². The van der Waals surface area contributed by atoms with E-state index in [0.29, 0.717) is 0 Å². The number of rotatable bonds is 9. The number of nitrogens with one attached hydrogen (secondary N) is 1. The van der Waals surface area contributed by atoms with Crippen LogP contribution in [0.2, 0.25) is 0 Å². The van der Waals surface area contributed by atoms with E-state index in [0.717, 1.165) is 25.4 Å². The van der Waals surface area contributed by atoms with Crippen molar-refractivity contribution in [2.24, 2.45) is 0 Å². The first-order chi connectivity index (χ1) is 9.67. The molecule has 114 valence electrons. The Bertz CT molecular complexity index is 384. The van der Waals surface area contributed by atoms with Gasteiger partial charge in [-0.2, -0.15) is 0 Å². The number of hydrogen-bond acceptors (Lipinski definition) is 4. The molecule has 0 aromatic heterocycles. The molecular weight excluding hydrogens is 252 g/mol. The fourth-order valence-electron chi connectivity index (χ4n) is 2.53. The van der Waals surface area contributed by atoms with E-state index in [1.165, 1.54) is 5.56 Å². The van der Waals surface area contributed by atoms with E-state index in [2.05, 4.69) is 37.1 Å². The van der Waals surface area contributed by atoms with E-state index >= 15 is 0 Å². The summed E-state index contributed by atoms with van der Waals surface area (Å²) >= 11 is 0. The molecule has 0 aliphatic rings. The van der Waals surface area contributed by atoms with Gasteiger partial charge >= 0.3 is 0 Å². The van der Waals surface area contributed by atoms with Gasteiger partial charge < -0.3 is 15.2 Å². The van der Waals surface area contributed by atoms with Gasteiger partial charge in [0, 0.05) is 24.2 Å². The van der Waals surface area contributed by atoms with Crippen molar-refractivity contribution in [1.29, 1.82) is 0 Å². The maximum atomic E-state index is 9.44. The van der Waals surface area contributed by atoms with Crippen molar-refractivity contribution in [3.8, 4) is 5.75 Å². The molecule has 0 amide bonds. The molecule has 0 spiro atoms. The zero-order valence-electron chi connectivity index (χ0n) is 13.1. The van der Waals surface area contributed by atoms with E-state index in [1.54, 1.807) is 7.11 Å². The molecule has 0 fully saturated rings. The summed E-state index contributed by atoms with van der Waals surface area (Å²) in [5.41, 5.74) is 1.19. The second-order valence-corrected chi connectivity index (χ2v) is 4.94. The Kier molecular flexibility index (Phi) is 7.59. The monoisotopic (exact) mass is 280 g/mol. The lowest BCUT2D eigenvalue weighted by Gasteiger charge is -2.32. The van der Waals surface area contributed by atoms with E-state index in [-0.39, 0.29) is 18.7 Å². The lowest BCUT2D eigenvalue weighted by atomic mass is 10.0. The number of benzene rings is 1. The summed E-state index contributed by atoms with van der Waals surface area (Å²) in [5.74, 6) is 0.919. The molecule has 0 unspecified atom stereocenters. The summed E-state index contributed by atoms with van der Waals surface area (Å²) < 4.78 is 5.45. The minimum Gasteiger partial charge on any atom is -0.496 e. The summed E-state index contributed by atoms with van der Waals surface area (Å²) in [6.45, 7) is 9.16. The van der Waals surface area contributed by atoms with Gasteiger partial charge in [-0.15, -0.1) is 0 Å². The first-order valence-corrected chi connectivity index (χ1v) is 7.39. The standard InChI is InChI=1S/C16H28N2O2/c1-5-17-14(12-19)11-18(6-2)13(3)15-9-7-8-10-16(15)20-4/h7-10,13-14,17,19H,5-6,11-12H2,1-4H3/t13-,14+/m0/s1. The van der Waals surface area contributed by atoms with Crippen LogP contribution >= 0.6 is 0 Å². The Morgan fingerprint density at radius 3 is 2.55 bits per heavy atom. The van der Waals surface area contributed by atoms with Crippen LogP contribution in [0, 0.1) is 0 Å². The number of likely N-dealkylation sites (N-methyl/N-ethyl adjacent to an activating group) is 2. The molecule has 1 rings (SSSR count). The van der Waals surface area contributed by atoms with Gasteiger partial charge in [-0.25, -0.2) is 0 Å². The molecule has 1 aromatic carbocycles. The Labute approximate surface area is 122 Å². The van der Waals surface area contributed by atoms with Crippen molar-refractivity contribution in [3.63, 3.8) is 0 Å². The third-order valence-electron chi connectivity index (χ3n) is 3.71. The van der Waals surface area contributed by atoms with Crippen LogP contribution in [0.4, 0.5) is 0 Å². The van der Waals surface area contributed by atoms with Gasteiger partial charge in [0.2, 0.25) is 0 Å². The van der Waals surface area contributed by atoms with Gasteiger partial charge in [-0.1, -0.05) is 32.0 Å². The van der Waals surface area contributed by atoms with Crippen LogP contribution in [0.15, 0.2) is 24.3 Å². The summed E-state index contributed by atoms with van der Waals surface area (Å²) in [6, 6.07) is 8.48. The molecule has 0 radical (unpaired) electrons. The average molecular weight is 280 g/mol. The highest BCUT2D eigenvalue weighted by Gasteiger charge is 2.20. The molecule has 4 nitrogen and oxygen atoms in total. The first-order valence-electron chi connectivity index (χ1n) is 7.39. The molecular formula is C16H28N2O2. The molecule has 0 saturated heterocycles. The molecule has 0 heterocycles. The molecule has 0 bridgehead atoms. The predicted octanol–water partition coefficient (Wildman–Crippen LogP) is 2.05. The fourth-order valence-corrected chi connectivity index (χ4v) is 2.53. The van der Waals surface area contributed by atoms with Gasteiger partial charge in [-0.05, 0) is 26.1 Å². The zero-order valence-corrected chi connectivity index (χ0v) is 13.1. The van der Waals surface area contributed by atoms with Crippen molar-refractivity contribution in [3.05, 3.63) is 29.8 Å². The van der Waals surface area contributed by atoms with Crippen LogP contribution in [0.5, 0.6) is 5.75 Å². The number of ether oxygens (including phenoxy) is 1. The quantitative estimate of drug-likeness (QED) is 0.727. The number of methoxy groups -OCH3 is 1. The molecule has 4 heteroatoms. The molecule has 0 aliphatic heterocycles. The second-order valence-electron chi connectivity index (χ2n) is 4.94. The minimum atomic E-state index is 0.108. The van der Waals surface area contributed by atoms with E-state index in [9.17, 15) is 5.11 Å². The predicted molar refractivity (Wildman–Crippen MR) is 83.2 cm³/mol. The summed E-state index contributed by atoms with van der Waals surface area (Å²) in [5, 5.41) is 12.7. The first kappa shape index (κ1) is 17.0. The summed E-state index contributed by atoms with van der Waals surface area (Å²) in [4.78, 5) is 2.35. The smallest absolute Gasteiger partial charge is 0.123 e. The highest BCUT2D eigenvalue weighted by molar-refractivity contribution is 5.35. The fraction of sp³-hybridized carbons (Fsp3) is 0.625. The van der Waals surface area contributed by atoms with E-state index in [1.807, 2.05) is 18.2 Å². The lowest BCUT2D eigenvalue weighted by Crippen LogP contribution is -2.44. The van der Waals surface area contributed by atoms with Crippen molar-refractivity contribution in [1.82, 2.24) is 10.2 Å². The number of para-hydroxylation sites is 1. The van der Waals surface area contributed by atoms with Gasteiger partial charge in [-0.3, -0.25) is 4.90 Å². The molecule has 0 aliphatic carbocycles. The Hall–Kier alpha value is -1.10. The van der Waals surface area contributed by atoms with Crippen LogP contribution < -0.4 is 10.1 Å². The van der Waals surface area contributed by atoms with Crippen LogP contribution in [-0.2, 0) is 0 Å². The largest absolute Gasteiger partial charge is 0.496 e. The number of nitrogens with zero attached hydrogens (tertiary/aromatic N) is 1. The van der Waals surface area contributed by atoms with Crippen molar-refractivity contribution in [2.75, 3.05) is 33.4 Å². The lowest BCUT2D eigenvalue weighted by molar-refractivity contribution is 0.156. The van der Waals surface area contributed by atoms with Gasteiger partial charge in [0.25, 0.3) is 0 Å². The number of aliphatic hydroxyl groups excluding tert-OH is 1. The van der Waals surface area contributed by atoms with Crippen LogP contribution in [0.1, 0.15) is 32.4 Å². The number of hydrogen-bond donors (Lipinski definition) is 2. The van der Waals surface area contributed by atoms with Crippen LogP contribution in [0.25, 0.3) is 0 Å². The third-order valence-corrected chi connectivity index (χ3v) is 3.71. The Morgan fingerprint density at radius 2 is 2.00 bits per heavy atom. The molecule has 2 atom stereocenters. The van der Waals surface area contributed by atoms with Crippen molar-refractivity contribution in [2.45, 2.75) is 32.9 Å². The number of aliphatic hydroxyl groups is 1. The van der Waals surface area contributed by atoms with Gasteiger partial charge in [0.15, 0.2) is 0 Å². The summed E-state index contributed by atoms with van der Waals surface area (Å²) in [6.07, 6.45) is 0. The maximum absolute atomic E-state index is 9.44. The van der Waals surface area contributed by atoms with Gasteiger partial charge in [0.05, 0.1) is 13.7 Å². The molecule has 20 heavy (non-hydrogen) atoms. The Morgan fingerprint density at radius 1 is 1.30 bits per heavy atom. The minimum absolute atomic E-state index is 0.108. The topological polar surface area (TPSA) is 44.7 Å². The van der Waals surface area contributed by atoms with E-state index in [4.69, 9.17) is 4.74 Å². The molecule has 0 saturated carbocycles. The van der Waals surface area contributed by atoms with E-state index < -0.39 is 0 Å². The van der Waals surface area contributed by atoms with Gasteiger partial charge in [0.1, 0.15) is 5.75 Å². The third kappa shape index (κ3) is 4.47. The maximum Gasteiger partial charge on any atom is 0.123 e. The van der Waals surface area contributed by atoms with Crippen LogP contribution in [-0.4, -0.2) is 49.4 Å². The summed E-state index contributed by atoms with van der Waals surface area (Å²) in [7, 11) is 1.71. The molecule has 2 N–H and O–H groups in total. The normalized spacial score (nSPS) is 14.3. The Balaban J connectivity index is 2.82. The highest BCUT2D eigenvalue weighted by Crippen LogP contribution is 2.28. The molecule has 1 aromatic rings.